The third kappa shape index (κ3) is 2.44. The average Bonchev–Trinajstić information content (AvgIpc) is 2.30. The third-order valence-electron chi connectivity index (χ3n) is 2.48. The van der Waals surface area contributed by atoms with E-state index in [4.69, 9.17) is 0 Å². The number of halogens is 2. The van der Waals surface area contributed by atoms with Crippen molar-refractivity contribution in [3.8, 4) is 0 Å². The Labute approximate surface area is 98.0 Å². The van der Waals surface area contributed by atoms with Gasteiger partial charge < -0.3 is 9.84 Å². The molecule has 1 rings (SSSR count). The molecule has 0 aliphatic carbocycles. The highest BCUT2D eigenvalue weighted by Crippen LogP contribution is 2.38. The van der Waals surface area contributed by atoms with Crippen LogP contribution in [-0.4, -0.2) is 23.6 Å². The fraction of sp³-hybridized carbons (Fsp3) is 0.417. The summed E-state index contributed by atoms with van der Waals surface area (Å²) in [6, 6.07) is 7.29. The van der Waals surface area contributed by atoms with Crippen LogP contribution in [0.5, 0.6) is 0 Å². The SMILES string of the molecule is CCOC(=O)C(F)(F)[C@@](C)(O)c1ccccc1. The first kappa shape index (κ1) is 13.6. The number of benzene rings is 1. The molecule has 0 aromatic heterocycles. The second-order valence-corrected chi connectivity index (χ2v) is 3.73. The molecule has 0 amide bonds. The standard InChI is InChI=1S/C12H14F2O3/c1-3-17-10(15)12(13,14)11(2,16)9-7-5-4-6-8-9/h4-8,16H,3H2,1-2H3/t11-/m0/s1. The van der Waals surface area contributed by atoms with Crippen LogP contribution in [0.4, 0.5) is 8.78 Å². The lowest BCUT2D eigenvalue weighted by atomic mass is 9.89. The zero-order valence-electron chi connectivity index (χ0n) is 9.61. The molecule has 0 spiro atoms. The normalized spacial score (nSPS) is 15.1. The molecular weight excluding hydrogens is 230 g/mol. The van der Waals surface area contributed by atoms with Crippen molar-refractivity contribution in [3.63, 3.8) is 0 Å². The van der Waals surface area contributed by atoms with E-state index in [2.05, 4.69) is 4.74 Å². The Kier molecular flexibility index (Phi) is 3.83. The molecule has 1 aromatic rings. The summed E-state index contributed by atoms with van der Waals surface area (Å²) in [4.78, 5) is 11.2. The smallest absolute Gasteiger partial charge is 0.380 e. The van der Waals surface area contributed by atoms with Crippen LogP contribution in [0, 0.1) is 0 Å². The van der Waals surface area contributed by atoms with Crippen LogP contribution in [0.3, 0.4) is 0 Å². The molecule has 0 saturated heterocycles. The van der Waals surface area contributed by atoms with E-state index in [1.165, 1.54) is 31.2 Å². The highest BCUT2D eigenvalue weighted by molar-refractivity contribution is 5.79. The van der Waals surface area contributed by atoms with E-state index >= 15 is 0 Å². The van der Waals surface area contributed by atoms with Gasteiger partial charge in [0.05, 0.1) is 6.61 Å². The summed E-state index contributed by atoms with van der Waals surface area (Å²) < 4.78 is 31.8. The molecule has 3 nitrogen and oxygen atoms in total. The van der Waals surface area contributed by atoms with Crippen molar-refractivity contribution in [1.82, 2.24) is 0 Å². The van der Waals surface area contributed by atoms with Crippen LogP contribution in [0.25, 0.3) is 0 Å². The lowest BCUT2D eigenvalue weighted by molar-refractivity contribution is -0.212. The van der Waals surface area contributed by atoms with Crippen molar-refractivity contribution in [2.45, 2.75) is 25.4 Å². The highest BCUT2D eigenvalue weighted by Gasteiger charge is 2.57. The maximum absolute atomic E-state index is 13.7. The molecule has 0 fully saturated rings. The lowest BCUT2D eigenvalue weighted by Crippen LogP contribution is -2.49. The van der Waals surface area contributed by atoms with E-state index < -0.39 is 17.5 Å². The number of hydrogen-bond donors (Lipinski definition) is 1. The molecule has 1 N–H and O–H groups in total. The van der Waals surface area contributed by atoms with E-state index in [1.807, 2.05) is 0 Å². The molecule has 94 valence electrons. The summed E-state index contributed by atoms with van der Waals surface area (Å²) in [5, 5.41) is 9.86. The Morgan fingerprint density at radius 1 is 1.35 bits per heavy atom. The van der Waals surface area contributed by atoms with Crippen LogP contribution in [-0.2, 0) is 15.1 Å². The van der Waals surface area contributed by atoms with Crippen molar-refractivity contribution in [2.75, 3.05) is 6.61 Å². The van der Waals surface area contributed by atoms with Crippen molar-refractivity contribution in [2.24, 2.45) is 0 Å². The van der Waals surface area contributed by atoms with Gasteiger partial charge in [0.15, 0.2) is 5.60 Å². The fourth-order valence-corrected chi connectivity index (χ4v) is 1.36. The van der Waals surface area contributed by atoms with Gasteiger partial charge in [-0.1, -0.05) is 30.3 Å². The first-order valence-corrected chi connectivity index (χ1v) is 5.17. The number of hydrogen-bond acceptors (Lipinski definition) is 3. The number of rotatable bonds is 4. The predicted octanol–water partition coefficient (Wildman–Crippen LogP) is 2.09. The maximum atomic E-state index is 13.7. The minimum atomic E-state index is -4.00. The summed E-state index contributed by atoms with van der Waals surface area (Å²) in [6.45, 7) is 2.14. The van der Waals surface area contributed by atoms with Gasteiger partial charge >= 0.3 is 11.9 Å². The van der Waals surface area contributed by atoms with Gasteiger partial charge in [-0.05, 0) is 19.4 Å². The number of esters is 1. The van der Waals surface area contributed by atoms with E-state index in [-0.39, 0.29) is 12.2 Å². The molecule has 5 heteroatoms. The molecular formula is C12H14F2O3. The van der Waals surface area contributed by atoms with Gasteiger partial charge in [-0.3, -0.25) is 0 Å². The average molecular weight is 244 g/mol. The Bertz CT molecular complexity index is 388. The van der Waals surface area contributed by atoms with E-state index in [0.717, 1.165) is 6.92 Å². The molecule has 17 heavy (non-hydrogen) atoms. The van der Waals surface area contributed by atoms with Gasteiger partial charge in [0, 0.05) is 0 Å². The second kappa shape index (κ2) is 4.79. The first-order chi connectivity index (χ1) is 7.84. The topological polar surface area (TPSA) is 46.5 Å². The van der Waals surface area contributed by atoms with Crippen molar-refractivity contribution in [1.29, 1.82) is 0 Å². The molecule has 0 unspecified atom stereocenters. The minimum absolute atomic E-state index is 0.0435. The van der Waals surface area contributed by atoms with Crippen molar-refractivity contribution < 1.29 is 23.4 Å². The summed E-state index contributed by atoms with van der Waals surface area (Å²) in [7, 11) is 0. The molecule has 1 aromatic carbocycles. The molecule has 0 heterocycles. The molecule has 0 saturated carbocycles. The van der Waals surface area contributed by atoms with Crippen LogP contribution in [0.2, 0.25) is 0 Å². The van der Waals surface area contributed by atoms with Gasteiger partial charge in [0.2, 0.25) is 0 Å². The van der Waals surface area contributed by atoms with E-state index in [9.17, 15) is 18.7 Å². The van der Waals surface area contributed by atoms with Crippen molar-refractivity contribution >= 4 is 5.97 Å². The van der Waals surface area contributed by atoms with Gasteiger partial charge in [0.25, 0.3) is 0 Å². The fourth-order valence-electron chi connectivity index (χ4n) is 1.36. The van der Waals surface area contributed by atoms with Crippen LogP contribution in [0.1, 0.15) is 19.4 Å². The summed E-state index contributed by atoms with van der Waals surface area (Å²) >= 11 is 0. The number of carbonyl (C=O) groups excluding carboxylic acids is 1. The molecule has 1 atom stereocenters. The highest BCUT2D eigenvalue weighted by atomic mass is 19.3. The second-order valence-electron chi connectivity index (χ2n) is 3.73. The number of aliphatic hydroxyl groups is 1. The molecule has 0 aliphatic heterocycles. The van der Waals surface area contributed by atoms with Crippen molar-refractivity contribution in [3.05, 3.63) is 35.9 Å². The summed E-state index contributed by atoms with van der Waals surface area (Å²) in [6.07, 6.45) is 0. The molecule has 0 aliphatic rings. The van der Waals surface area contributed by atoms with E-state index in [0.29, 0.717) is 0 Å². The first-order valence-electron chi connectivity index (χ1n) is 5.17. The van der Waals surface area contributed by atoms with E-state index in [1.54, 1.807) is 6.07 Å². The van der Waals surface area contributed by atoms with Crippen LogP contribution < -0.4 is 0 Å². The van der Waals surface area contributed by atoms with Gasteiger partial charge in [0.1, 0.15) is 0 Å². The van der Waals surface area contributed by atoms with Gasteiger partial charge in [-0.15, -0.1) is 0 Å². The summed E-state index contributed by atoms with van der Waals surface area (Å²) in [5.41, 5.74) is -2.64. The number of alkyl halides is 2. The lowest BCUT2D eigenvalue weighted by Gasteiger charge is -2.30. The Morgan fingerprint density at radius 2 is 1.88 bits per heavy atom. The number of carbonyl (C=O) groups is 1. The van der Waals surface area contributed by atoms with Crippen LogP contribution in [0.15, 0.2) is 30.3 Å². The Morgan fingerprint density at radius 3 is 2.35 bits per heavy atom. The monoisotopic (exact) mass is 244 g/mol. The minimum Gasteiger partial charge on any atom is -0.461 e. The third-order valence-corrected chi connectivity index (χ3v) is 2.48. The zero-order valence-corrected chi connectivity index (χ0v) is 9.61. The molecule has 0 radical (unpaired) electrons. The summed E-state index contributed by atoms with van der Waals surface area (Å²) in [5.74, 6) is -5.72. The zero-order chi connectivity index (χ0) is 13.1. The maximum Gasteiger partial charge on any atom is 0.380 e. The Hall–Kier alpha value is -1.49. The van der Waals surface area contributed by atoms with Gasteiger partial charge in [-0.25, -0.2) is 4.79 Å². The van der Waals surface area contributed by atoms with Gasteiger partial charge in [-0.2, -0.15) is 8.78 Å². The predicted molar refractivity (Wildman–Crippen MR) is 57.6 cm³/mol. The number of ether oxygens (including phenoxy) is 1. The van der Waals surface area contributed by atoms with Crippen LogP contribution >= 0.6 is 0 Å². The quantitative estimate of drug-likeness (QED) is 0.825. The molecule has 0 bridgehead atoms. The largest absolute Gasteiger partial charge is 0.461 e. The Balaban J connectivity index is 3.08.